The summed E-state index contributed by atoms with van der Waals surface area (Å²) in [5.74, 6) is 0.873. The van der Waals surface area contributed by atoms with Crippen molar-refractivity contribution >= 4 is 11.6 Å². The fourth-order valence-corrected chi connectivity index (χ4v) is 2.22. The highest BCUT2D eigenvalue weighted by Crippen LogP contribution is 2.34. The van der Waals surface area contributed by atoms with E-state index in [0.29, 0.717) is 18.1 Å². The first-order valence-corrected chi connectivity index (χ1v) is 5.76. The fourth-order valence-electron chi connectivity index (χ4n) is 1.96. The number of hydrogen-bond donors (Lipinski definition) is 2. The summed E-state index contributed by atoms with van der Waals surface area (Å²) in [7, 11) is 0. The van der Waals surface area contributed by atoms with E-state index in [4.69, 9.17) is 22.1 Å². The third kappa shape index (κ3) is 2.32. The molecule has 0 fully saturated rings. The molecule has 1 aliphatic heterocycles. The summed E-state index contributed by atoms with van der Waals surface area (Å²) < 4.78 is 5.56. The first-order valence-electron chi connectivity index (χ1n) is 5.38. The predicted molar refractivity (Wildman–Crippen MR) is 64.0 cm³/mol. The number of halogens is 1. The Morgan fingerprint density at radius 2 is 2.31 bits per heavy atom. The van der Waals surface area contributed by atoms with Crippen LogP contribution in [0.4, 0.5) is 0 Å². The van der Waals surface area contributed by atoms with Crippen LogP contribution in [0.2, 0.25) is 5.02 Å². The molecule has 3 N–H and O–H groups in total. The fraction of sp³-hybridized carbons (Fsp3) is 0.500. The Labute approximate surface area is 100 Å². The Hall–Kier alpha value is -0.770. The van der Waals surface area contributed by atoms with Crippen molar-refractivity contribution in [2.24, 2.45) is 5.73 Å². The number of benzene rings is 1. The van der Waals surface area contributed by atoms with Gasteiger partial charge in [0.25, 0.3) is 0 Å². The molecular weight excluding hydrogens is 226 g/mol. The maximum atomic E-state index is 9.98. The summed E-state index contributed by atoms with van der Waals surface area (Å²) in [5.41, 5.74) is 6.66. The standard InChI is InChI=1S/C12H16ClNO2/c1-12(15,7-14)6-9-5-10(13)4-8-2-3-16-11(8)9/h4-5,15H,2-3,6-7,14H2,1H3. The molecule has 88 valence electrons. The lowest BCUT2D eigenvalue weighted by Gasteiger charge is -2.22. The summed E-state index contributed by atoms with van der Waals surface area (Å²) in [6.45, 7) is 2.62. The van der Waals surface area contributed by atoms with Crippen LogP contribution >= 0.6 is 11.6 Å². The molecule has 0 aromatic heterocycles. The number of rotatable bonds is 3. The number of hydrogen-bond acceptors (Lipinski definition) is 3. The van der Waals surface area contributed by atoms with Gasteiger partial charge in [-0.2, -0.15) is 0 Å². The number of fused-ring (bicyclic) bond motifs is 1. The Morgan fingerprint density at radius 3 is 3.00 bits per heavy atom. The molecule has 1 atom stereocenters. The smallest absolute Gasteiger partial charge is 0.126 e. The van der Waals surface area contributed by atoms with Crippen molar-refractivity contribution in [3.05, 3.63) is 28.3 Å². The first-order chi connectivity index (χ1) is 7.52. The van der Waals surface area contributed by atoms with Gasteiger partial charge in [0.15, 0.2) is 0 Å². The van der Waals surface area contributed by atoms with E-state index in [1.54, 1.807) is 6.92 Å². The van der Waals surface area contributed by atoms with E-state index in [1.807, 2.05) is 12.1 Å². The van der Waals surface area contributed by atoms with Crippen molar-refractivity contribution in [2.45, 2.75) is 25.4 Å². The minimum Gasteiger partial charge on any atom is -0.493 e. The minimum atomic E-state index is -0.912. The van der Waals surface area contributed by atoms with Gasteiger partial charge in [-0.1, -0.05) is 11.6 Å². The normalized spacial score (nSPS) is 17.8. The molecule has 0 spiro atoms. The molecule has 1 aromatic rings. The van der Waals surface area contributed by atoms with Gasteiger partial charge < -0.3 is 15.6 Å². The zero-order valence-electron chi connectivity index (χ0n) is 9.29. The lowest BCUT2D eigenvalue weighted by atomic mass is 9.94. The van der Waals surface area contributed by atoms with Crippen LogP contribution < -0.4 is 10.5 Å². The van der Waals surface area contributed by atoms with E-state index in [1.165, 1.54) is 0 Å². The van der Waals surface area contributed by atoms with Crippen LogP contribution in [0.5, 0.6) is 5.75 Å². The van der Waals surface area contributed by atoms with Gasteiger partial charge in [-0.25, -0.2) is 0 Å². The maximum absolute atomic E-state index is 9.98. The quantitative estimate of drug-likeness (QED) is 0.844. The van der Waals surface area contributed by atoms with E-state index in [9.17, 15) is 5.11 Å². The van der Waals surface area contributed by atoms with Crippen molar-refractivity contribution in [3.63, 3.8) is 0 Å². The van der Waals surface area contributed by atoms with E-state index >= 15 is 0 Å². The molecular formula is C12H16ClNO2. The van der Waals surface area contributed by atoms with Gasteiger partial charge >= 0.3 is 0 Å². The lowest BCUT2D eigenvalue weighted by molar-refractivity contribution is 0.0689. The summed E-state index contributed by atoms with van der Waals surface area (Å²) in [5, 5.41) is 10.7. The molecule has 1 heterocycles. The second kappa shape index (κ2) is 4.24. The molecule has 1 unspecified atom stereocenters. The third-order valence-corrected chi connectivity index (χ3v) is 3.05. The van der Waals surface area contributed by atoms with Gasteiger partial charge in [-0.3, -0.25) is 0 Å². The number of nitrogens with two attached hydrogens (primary N) is 1. The maximum Gasteiger partial charge on any atom is 0.126 e. The summed E-state index contributed by atoms with van der Waals surface area (Å²) in [4.78, 5) is 0. The highest BCUT2D eigenvalue weighted by Gasteiger charge is 2.24. The van der Waals surface area contributed by atoms with Crippen molar-refractivity contribution in [1.29, 1.82) is 0 Å². The second-order valence-corrected chi connectivity index (χ2v) is 4.97. The Bertz CT molecular complexity index is 404. The molecule has 3 nitrogen and oxygen atoms in total. The van der Waals surface area contributed by atoms with E-state index in [2.05, 4.69) is 0 Å². The molecule has 0 saturated heterocycles. The predicted octanol–water partition coefficient (Wildman–Crippen LogP) is 1.53. The van der Waals surface area contributed by atoms with Gasteiger partial charge in [-0.05, 0) is 30.2 Å². The van der Waals surface area contributed by atoms with Crippen LogP contribution in [0.15, 0.2) is 12.1 Å². The Balaban J connectivity index is 2.34. The van der Waals surface area contributed by atoms with Gasteiger partial charge in [0, 0.05) is 24.4 Å². The highest BCUT2D eigenvalue weighted by atomic mass is 35.5. The Morgan fingerprint density at radius 1 is 1.56 bits per heavy atom. The first kappa shape index (κ1) is 11.7. The molecule has 0 amide bonds. The number of aliphatic hydroxyl groups is 1. The van der Waals surface area contributed by atoms with E-state index in [-0.39, 0.29) is 6.54 Å². The van der Waals surface area contributed by atoms with Crippen LogP contribution in [-0.2, 0) is 12.8 Å². The van der Waals surface area contributed by atoms with Crippen LogP contribution in [0.3, 0.4) is 0 Å². The third-order valence-electron chi connectivity index (χ3n) is 2.84. The number of ether oxygens (including phenoxy) is 1. The van der Waals surface area contributed by atoms with Crippen LogP contribution in [0.1, 0.15) is 18.1 Å². The molecule has 1 aromatic carbocycles. The van der Waals surface area contributed by atoms with Gasteiger partial charge in [0.2, 0.25) is 0 Å². The summed E-state index contributed by atoms with van der Waals surface area (Å²) in [6.07, 6.45) is 1.35. The van der Waals surface area contributed by atoms with Gasteiger partial charge in [0.05, 0.1) is 12.2 Å². The van der Waals surface area contributed by atoms with Crippen LogP contribution in [-0.4, -0.2) is 23.9 Å². The van der Waals surface area contributed by atoms with Gasteiger partial charge in [0.1, 0.15) is 5.75 Å². The zero-order chi connectivity index (χ0) is 11.8. The molecule has 0 aliphatic carbocycles. The van der Waals surface area contributed by atoms with Crippen molar-refractivity contribution in [3.8, 4) is 5.75 Å². The molecule has 4 heteroatoms. The van der Waals surface area contributed by atoms with Crippen LogP contribution in [0, 0.1) is 0 Å². The van der Waals surface area contributed by atoms with Crippen molar-refractivity contribution in [1.82, 2.24) is 0 Å². The SMILES string of the molecule is CC(O)(CN)Cc1cc(Cl)cc2c1OCC2. The van der Waals surface area contributed by atoms with E-state index in [0.717, 1.165) is 23.3 Å². The van der Waals surface area contributed by atoms with Gasteiger partial charge in [-0.15, -0.1) is 0 Å². The molecule has 0 radical (unpaired) electrons. The van der Waals surface area contributed by atoms with Crippen molar-refractivity contribution in [2.75, 3.05) is 13.2 Å². The summed E-state index contributed by atoms with van der Waals surface area (Å²) in [6, 6.07) is 3.76. The summed E-state index contributed by atoms with van der Waals surface area (Å²) >= 11 is 6.03. The minimum absolute atomic E-state index is 0.217. The average molecular weight is 242 g/mol. The topological polar surface area (TPSA) is 55.5 Å². The van der Waals surface area contributed by atoms with E-state index < -0.39 is 5.60 Å². The highest BCUT2D eigenvalue weighted by molar-refractivity contribution is 6.30. The molecule has 16 heavy (non-hydrogen) atoms. The molecule has 1 aliphatic rings. The second-order valence-electron chi connectivity index (χ2n) is 4.53. The lowest BCUT2D eigenvalue weighted by Crippen LogP contribution is -2.36. The molecule has 0 saturated carbocycles. The zero-order valence-corrected chi connectivity index (χ0v) is 10.0. The molecule has 0 bridgehead atoms. The molecule has 2 rings (SSSR count). The Kier molecular flexibility index (Phi) is 3.10. The van der Waals surface area contributed by atoms with Crippen molar-refractivity contribution < 1.29 is 9.84 Å². The average Bonchev–Trinajstić information content (AvgIpc) is 2.65. The largest absolute Gasteiger partial charge is 0.493 e. The van der Waals surface area contributed by atoms with Crippen LogP contribution in [0.25, 0.3) is 0 Å². The monoisotopic (exact) mass is 241 g/mol.